The van der Waals surface area contributed by atoms with Crippen molar-refractivity contribution < 1.29 is 32.7 Å². The second kappa shape index (κ2) is 11.8. The van der Waals surface area contributed by atoms with Crippen LogP contribution in [0.5, 0.6) is 0 Å². The van der Waals surface area contributed by atoms with Gasteiger partial charge in [0.15, 0.2) is 0 Å². The minimum atomic E-state index is -3.86. The summed E-state index contributed by atoms with van der Waals surface area (Å²) in [6, 6.07) is 7.55. The molecule has 38 heavy (non-hydrogen) atoms. The summed E-state index contributed by atoms with van der Waals surface area (Å²) in [5, 5.41) is 18.5. The Hall–Kier alpha value is -2.98. The van der Waals surface area contributed by atoms with E-state index in [1.54, 1.807) is 11.5 Å². The first-order chi connectivity index (χ1) is 18.2. The standard InChI is InChI=1S/C26H34N4O7S/c1-19-16-20(17-27)2-3-23(19)21-4-10-30(11-5-21)38(34,35)18-26(24(31)28-33)8-12-29(13-9-26)25(32)37-22-6-14-36-15-7-22/h2-4,16,22,33H,5-15,18H2,1H3,(H,28,31). The molecule has 0 unspecified atom stereocenters. The van der Waals surface area contributed by atoms with Gasteiger partial charge in [-0.3, -0.25) is 10.0 Å². The number of aryl methyl sites for hydroxylation is 1. The Kier molecular flexibility index (Phi) is 8.72. The number of ether oxygens (including phenoxy) is 2. The number of hydrogen-bond acceptors (Lipinski definition) is 8. The summed E-state index contributed by atoms with van der Waals surface area (Å²) in [5.41, 5.74) is 3.80. The number of carbonyl (C=O) groups excluding carboxylic acids is 2. The summed E-state index contributed by atoms with van der Waals surface area (Å²) in [7, 11) is -3.86. The maximum Gasteiger partial charge on any atom is 0.410 e. The summed E-state index contributed by atoms with van der Waals surface area (Å²) >= 11 is 0. The Morgan fingerprint density at radius 2 is 1.95 bits per heavy atom. The van der Waals surface area contributed by atoms with E-state index in [9.17, 15) is 23.2 Å². The van der Waals surface area contributed by atoms with Crippen LogP contribution in [0.2, 0.25) is 0 Å². The Bertz CT molecular complexity index is 1230. The van der Waals surface area contributed by atoms with Crippen LogP contribution in [0, 0.1) is 23.7 Å². The zero-order valence-corrected chi connectivity index (χ0v) is 22.3. The molecule has 2 amide bonds. The summed E-state index contributed by atoms with van der Waals surface area (Å²) in [6.07, 6.45) is 3.09. The van der Waals surface area contributed by atoms with Gasteiger partial charge in [-0.05, 0) is 55.0 Å². The van der Waals surface area contributed by atoms with E-state index in [1.807, 2.05) is 25.1 Å². The van der Waals surface area contributed by atoms with E-state index in [0.29, 0.717) is 38.0 Å². The molecule has 0 atom stereocenters. The Morgan fingerprint density at radius 3 is 2.53 bits per heavy atom. The predicted octanol–water partition coefficient (Wildman–Crippen LogP) is 2.19. The molecule has 11 nitrogen and oxygen atoms in total. The average molecular weight is 547 g/mol. The lowest BCUT2D eigenvalue weighted by Gasteiger charge is -2.40. The van der Waals surface area contributed by atoms with Crippen LogP contribution in [-0.4, -0.2) is 86.1 Å². The quantitative estimate of drug-likeness (QED) is 0.407. The van der Waals surface area contributed by atoms with Crippen molar-refractivity contribution in [1.82, 2.24) is 14.7 Å². The number of rotatable bonds is 6. The minimum absolute atomic E-state index is 0.0842. The molecule has 4 rings (SSSR count). The van der Waals surface area contributed by atoms with Crippen LogP contribution in [0.25, 0.3) is 5.57 Å². The van der Waals surface area contributed by atoms with Crippen molar-refractivity contribution in [3.63, 3.8) is 0 Å². The first kappa shape index (κ1) is 28.0. The second-order valence-corrected chi connectivity index (χ2v) is 12.1. The lowest BCUT2D eigenvalue weighted by Crippen LogP contribution is -2.54. The average Bonchev–Trinajstić information content (AvgIpc) is 2.93. The van der Waals surface area contributed by atoms with Gasteiger partial charge in [-0.25, -0.2) is 18.7 Å². The number of nitriles is 1. The molecule has 206 valence electrons. The van der Waals surface area contributed by atoms with Crippen molar-refractivity contribution in [3.05, 3.63) is 41.0 Å². The first-order valence-corrected chi connectivity index (χ1v) is 14.4. The number of likely N-dealkylation sites (tertiary alicyclic amines) is 1. The molecule has 12 heteroatoms. The third-order valence-electron chi connectivity index (χ3n) is 7.72. The number of piperidine rings is 1. The molecule has 3 aliphatic rings. The van der Waals surface area contributed by atoms with Gasteiger partial charge >= 0.3 is 6.09 Å². The van der Waals surface area contributed by atoms with E-state index in [1.165, 1.54) is 9.21 Å². The summed E-state index contributed by atoms with van der Waals surface area (Å²) in [5.74, 6) is -1.23. The monoisotopic (exact) mass is 546 g/mol. The van der Waals surface area contributed by atoms with Crippen molar-refractivity contribution in [3.8, 4) is 6.07 Å². The molecule has 0 spiro atoms. The van der Waals surface area contributed by atoms with Gasteiger partial charge in [-0.15, -0.1) is 0 Å². The normalized spacial score (nSPS) is 20.8. The van der Waals surface area contributed by atoms with Crippen molar-refractivity contribution in [1.29, 1.82) is 5.26 Å². The Labute approximate surface area is 223 Å². The zero-order valence-electron chi connectivity index (χ0n) is 21.5. The van der Waals surface area contributed by atoms with Gasteiger partial charge in [0.25, 0.3) is 5.91 Å². The van der Waals surface area contributed by atoms with Gasteiger partial charge in [0.2, 0.25) is 10.0 Å². The first-order valence-electron chi connectivity index (χ1n) is 12.8. The Balaban J connectivity index is 1.41. The summed E-state index contributed by atoms with van der Waals surface area (Å²) < 4.78 is 39.1. The van der Waals surface area contributed by atoms with E-state index >= 15 is 0 Å². The fraction of sp³-hybridized carbons (Fsp3) is 0.577. The van der Waals surface area contributed by atoms with Gasteiger partial charge in [0, 0.05) is 39.0 Å². The number of sulfonamides is 1. The van der Waals surface area contributed by atoms with Crippen molar-refractivity contribution in [2.24, 2.45) is 5.41 Å². The fourth-order valence-corrected chi connectivity index (χ4v) is 7.34. The molecule has 3 aliphatic heterocycles. The van der Waals surface area contributed by atoms with Crippen LogP contribution in [0.15, 0.2) is 24.3 Å². The number of benzene rings is 1. The largest absolute Gasteiger partial charge is 0.446 e. The molecule has 1 aromatic rings. The molecule has 1 aromatic carbocycles. The van der Waals surface area contributed by atoms with Gasteiger partial charge in [0.1, 0.15) is 6.10 Å². The molecule has 2 fully saturated rings. The number of amides is 2. The third kappa shape index (κ3) is 6.18. The number of carbonyl (C=O) groups is 2. The molecule has 2 N–H and O–H groups in total. The highest BCUT2D eigenvalue weighted by molar-refractivity contribution is 7.89. The van der Waals surface area contributed by atoms with E-state index in [4.69, 9.17) is 14.7 Å². The minimum Gasteiger partial charge on any atom is -0.446 e. The smallest absolute Gasteiger partial charge is 0.410 e. The topological polar surface area (TPSA) is 149 Å². The SMILES string of the molecule is Cc1cc(C#N)ccc1C1=CCN(S(=O)(=O)CC2(C(=O)NO)CCN(C(=O)OC3CCOCC3)CC2)CC1. The third-order valence-corrected chi connectivity index (χ3v) is 9.76. The van der Waals surface area contributed by atoms with Crippen LogP contribution in [0.4, 0.5) is 4.79 Å². The lowest BCUT2D eigenvalue weighted by molar-refractivity contribution is -0.141. The maximum atomic E-state index is 13.4. The van der Waals surface area contributed by atoms with Crippen molar-refractivity contribution in [2.75, 3.05) is 45.1 Å². The van der Waals surface area contributed by atoms with Crippen LogP contribution in [0.3, 0.4) is 0 Å². The van der Waals surface area contributed by atoms with Crippen LogP contribution in [-0.2, 0) is 24.3 Å². The van der Waals surface area contributed by atoms with E-state index < -0.39 is 33.2 Å². The molecular formula is C26H34N4O7S. The van der Waals surface area contributed by atoms with Gasteiger partial charge in [-0.1, -0.05) is 12.1 Å². The number of hydroxylamine groups is 1. The summed E-state index contributed by atoms with van der Waals surface area (Å²) in [6.45, 7) is 3.71. The van der Waals surface area contributed by atoms with Crippen molar-refractivity contribution in [2.45, 2.75) is 45.1 Å². The highest BCUT2D eigenvalue weighted by atomic mass is 32.2. The van der Waals surface area contributed by atoms with Gasteiger partial charge in [-0.2, -0.15) is 9.57 Å². The van der Waals surface area contributed by atoms with Crippen LogP contribution < -0.4 is 5.48 Å². The molecular weight excluding hydrogens is 512 g/mol. The Morgan fingerprint density at radius 1 is 1.24 bits per heavy atom. The number of nitrogens with one attached hydrogen (secondary N) is 1. The molecule has 0 aromatic heterocycles. The van der Waals surface area contributed by atoms with Gasteiger partial charge < -0.3 is 14.4 Å². The molecule has 0 saturated carbocycles. The van der Waals surface area contributed by atoms with Crippen LogP contribution >= 0.6 is 0 Å². The summed E-state index contributed by atoms with van der Waals surface area (Å²) in [4.78, 5) is 26.8. The molecule has 0 bridgehead atoms. The molecule has 3 heterocycles. The van der Waals surface area contributed by atoms with E-state index in [-0.39, 0.29) is 45.1 Å². The second-order valence-electron chi connectivity index (χ2n) is 10.1. The molecule has 0 aliphatic carbocycles. The predicted molar refractivity (Wildman–Crippen MR) is 137 cm³/mol. The van der Waals surface area contributed by atoms with Crippen LogP contribution in [0.1, 0.15) is 48.8 Å². The maximum absolute atomic E-state index is 13.4. The van der Waals surface area contributed by atoms with E-state index in [2.05, 4.69) is 6.07 Å². The van der Waals surface area contributed by atoms with Crippen molar-refractivity contribution >= 4 is 27.6 Å². The van der Waals surface area contributed by atoms with Gasteiger partial charge in [0.05, 0.1) is 36.0 Å². The number of hydrogen-bond donors (Lipinski definition) is 2. The fourth-order valence-electron chi connectivity index (χ4n) is 5.37. The zero-order chi connectivity index (χ0) is 27.3. The number of nitrogens with zero attached hydrogens (tertiary/aromatic N) is 3. The molecule has 2 saturated heterocycles. The lowest BCUT2D eigenvalue weighted by atomic mass is 9.79. The highest BCUT2D eigenvalue weighted by Gasteiger charge is 2.47. The molecule has 0 radical (unpaired) electrons. The van der Waals surface area contributed by atoms with E-state index in [0.717, 1.165) is 16.7 Å². The highest BCUT2D eigenvalue weighted by Crippen LogP contribution is 2.36.